The zero-order valence-electron chi connectivity index (χ0n) is 16.4. The van der Waals surface area contributed by atoms with Gasteiger partial charge in [0.2, 0.25) is 0 Å². The lowest BCUT2D eigenvalue weighted by atomic mass is 9.94. The molecule has 0 aromatic heterocycles. The Morgan fingerprint density at radius 2 is 1.86 bits per heavy atom. The molecule has 2 aromatic rings. The van der Waals surface area contributed by atoms with Gasteiger partial charge in [-0.2, -0.15) is 0 Å². The molecule has 1 saturated heterocycles. The molecule has 1 heterocycles. The number of ketones is 1. The predicted molar refractivity (Wildman–Crippen MR) is 108 cm³/mol. The molecular weight excluding hydrogens is 354 g/mol. The van der Waals surface area contributed by atoms with E-state index >= 15 is 0 Å². The SMILES string of the molecule is CCCCN1C(=O)C(=O)/C(=C(/O)c2cc(C)ccc2OC)C1c1ccccc1. The number of aliphatic hydroxyl groups is 1. The molecule has 0 aliphatic carbocycles. The van der Waals surface area contributed by atoms with E-state index in [1.54, 1.807) is 17.0 Å². The van der Waals surface area contributed by atoms with Gasteiger partial charge in [-0.1, -0.05) is 55.3 Å². The van der Waals surface area contributed by atoms with Crippen LogP contribution < -0.4 is 4.74 Å². The lowest BCUT2D eigenvalue weighted by Gasteiger charge is -2.25. The van der Waals surface area contributed by atoms with E-state index in [-0.39, 0.29) is 11.3 Å². The Morgan fingerprint density at radius 1 is 1.14 bits per heavy atom. The third kappa shape index (κ3) is 3.52. The van der Waals surface area contributed by atoms with Crippen molar-refractivity contribution in [3.05, 3.63) is 70.8 Å². The summed E-state index contributed by atoms with van der Waals surface area (Å²) in [7, 11) is 1.51. The summed E-state index contributed by atoms with van der Waals surface area (Å²) in [4.78, 5) is 27.2. The maximum Gasteiger partial charge on any atom is 0.295 e. The number of methoxy groups -OCH3 is 1. The van der Waals surface area contributed by atoms with E-state index in [0.717, 1.165) is 24.0 Å². The molecule has 0 saturated carbocycles. The lowest BCUT2D eigenvalue weighted by Crippen LogP contribution is -2.30. The number of rotatable bonds is 6. The van der Waals surface area contributed by atoms with Crippen LogP contribution in [-0.4, -0.2) is 35.4 Å². The summed E-state index contributed by atoms with van der Waals surface area (Å²) < 4.78 is 5.37. The quantitative estimate of drug-likeness (QED) is 0.463. The number of unbranched alkanes of at least 4 members (excludes halogenated alkanes) is 1. The number of nitrogens with zero attached hydrogens (tertiary/aromatic N) is 1. The van der Waals surface area contributed by atoms with E-state index in [0.29, 0.717) is 17.9 Å². The Morgan fingerprint density at radius 3 is 2.50 bits per heavy atom. The summed E-state index contributed by atoms with van der Waals surface area (Å²) >= 11 is 0. The van der Waals surface area contributed by atoms with Gasteiger partial charge in [-0.3, -0.25) is 9.59 Å². The second kappa shape index (κ2) is 8.30. The highest BCUT2D eigenvalue weighted by molar-refractivity contribution is 6.46. The van der Waals surface area contributed by atoms with E-state index in [1.807, 2.05) is 50.2 Å². The van der Waals surface area contributed by atoms with Crippen molar-refractivity contribution in [2.45, 2.75) is 32.7 Å². The summed E-state index contributed by atoms with van der Waals surface area (Å²) in [6, 6.07) is 14.1. The Labute approximate surface area is 165 Å². The maximum absolute atomic E-state index is 12.9. The second-order valence-corrected chi connectivity index (χ2v) is 6.96. The van der Waals surface area contributed by atoms with Gasteiger partial charge in [0.1, 0.15) is 11.5 Å². The monoisotopic (exact) mass is 379 g/mol. The van der Waals surface area contributed by atoms with Crippen molar-refractivity contribution in [2.75, 3.05) is 13.7 Å². The topological polar surface area (TPSA) is 66.8 Å². The normalized spacial score (nSPS) is 18.5. The van der Waals surface area contributed by atoms with Gasteiger partial charge in [0.05, 0.1) is 24.3 Å². The molecule has 3 rings (SSSR count). The minimum Gasteiger partial charge on any atom is -0.507 e. The van der Waals surface area contributed by atoms with E-state index in [1.165, 1.54) is 7.11 Å². The van der Waals surface area contributed by atoms with Crippen molar-refractivity contribution in [2.24, 2.45) is 0 Å². The minimum absolute atomic E-state index is 0.108. The number of amides is 1. The Kier molecular flexibility index (Phi) is 5.83. The van der Waals surface area contributed by atoms with Gasteiger partial charge in [-0.05, 0) is 31.0 Å². The summed E-state index contributed by atoms with van der Waals surface area (Å²) in [6.07, 6.45) is 1.68. The highest BCUT2D eigenvalue weighted by Gasteiger charge is 2.45. The Hall–Kier alpha value is -3.08. The van der Waals surface area contributed by atoms with Gasteiger partial charge >= 0.3 is 0 Å². The standard InChI is InChI=1S/C23H25NO4/c1-4-5-13-24-20(16-9-7-6-8-10-16)19(22(26)23(24)27)21(25)17-14-15(2)11-12-18(17)28-3/h6-12,14,20,25H,4-5,13H2,1-3H3/b21-19+. The molecule has 0 radical (unpaired) electrons. The van der Waals surface area contributed by atoms with Gasteiger partial charge in [0.15, 0.2) is 0 Å². The van der Waals surface area contributed by atoms with Crippen LogP contribution in [0.25, 0.3) is 5.76 Å². The molecule has 5 heteroatoms. The molecule has 28 heavy (non-hydrogen) atoms. The first-order valence-corrected chi connectivity index (χ1v) is 9.48. The van der Waals surface area contributed by atoms with Gasteiger partial charge < -0.3 is 14.7 Å². The molecule has 2 aromatic carbocycles. The molecule has 1 atom stereocenters. The molecule has 0 bridgehead atoms. The van der Waals surface area contributed by atoms with Crippen LogP contribution in [0.4, 0.5) is 0 Å². The molecular formula is C23H25NO4. The summed E-state index contributed by atoms with van der Waals surface area (Å²) in [6.45, 7) is 4.39. The van der Waals surface area contributed by atoms with E-state index < -0.39 is 17.7 Å². The average Bonchev–Trinajstić information content (AvgIpc) is 2.97. The third-order valence-electron chi connectivity index (χ3n) is 5.02. The Balaban J connectivity index is 2.21. The first kappa shape index (κ1) is 19.7. The van der Waals surface area contributed by atoms with Crippen LogP contribution in [0.15, 0.2) is 54.1 Å². The number of aliphatic hydroxyl groups excluding tert-OH is 1. The fourth-order valence-corrected chi connectivity index (χ4v) is 3.57. The average molecular weight is 379 g/mol. The predicted octanol–water partition coefficient (Wildman–Crippen LogP) is 4.23. The molecule has 5 nitrogen and oxygen atoms in total. The number of carbonyl (C=O) groups excluding carboxylic acids is 2. The number of benzene rings is 2. The van der Waals surface area contributed by atoms with Crippen LogP contribution in [0, 0.1) is 6.92 Å². The molecule has 0 spiro atoms. The van der Waals surface area contributed by atoms with Gasteiger partial charge in [-0.15, -0.1) is 0 Å². The number of likely N-dealkylation sites (tertiary alicyclic amines) is 1. The van der Waals surface area contributed by atoms with Crippen LogP contribution in [-0.2, 0) is 9.59 Å². The number of ether oxygens (including phenoxy) is 1. The van der Waals surface area contributed by atoms with Crippen LogP contribution in [0.1, 0.15) is 42.5 Å². The lowest BCUT2D eigenvalue weighted by molar-refractivity contribution is -0.139. The van der Waals surface area contributed by atoms with Crippen molar-refractivity contribution in [1.82, 2.24) is 4.90 Å². The van der Waals surface area contributed by atoms with Crippen LogP contribution in [0.5, 0.6) is 5.75 Å². The molecule has 1 unspecified atom stereocenters. The van der Waals surface area contributed by atoms with Crippen LogP contribution >= 0.6 is 0 Å². The number of Topliss-reactive ketones (excluding diaryl/α,β-unsaturated/α-hetero) is 1. The summed E-state index contributed by atoms with van der Waals surface area (Å²) in [5.74, 6) is -0.983. The summed E-state index contributed by atoms with van der Waals surface area (Å²) in [5, 5.41) is 11.1. The minimum atomic E-state index is -0.661. The van der Waals surface area contributed by atoms with E-state index in [4.69, 9.17) is 4.74 Å². The largest absolute Gasteiger partial charge is 0.507 e. The molecule has 1 aliphatic rings. The van der Waals surface area contributed by atoms with Gasteiger partial charge in [0, 0.05) is 6.54 Å². The van der Waals surface area contributed by atoms with Crippen molar-refractivity contribution in [1.29, 1.82) is 0 Å². The number of hydrogen-bond donors (Lipinski definition) is 1. The first-order chi connectivity index (χ1) is 13.5. The molecule has 146 valence electrons. The summed E-state index contributed by atoms with van der Waals surface area (Å²) in [5.41, 5.74) is 2.23. The molecule has 1 aliphatic heterocycles. The Bertz CT molecular complexity index is 917. The highest BCUT2D eigenvalue weighted by Crippen LogP contribution is 2.41. The highest BCUT2D eigenvalue weighted by atomic mass is 16.5. The van der Waals surface area contributed by atoms with E-state index in [2.05, 4.69) is 0 Å². The number of aryl methyl sites for hydroxylation is 1. The van der Waals surface area contributed by atoms with Crippen molar-refractivity contribution in [3.8, 4) is 5.75 Å². The zero-order chi connectivity index (χ0) is 20.3. The fraction of sp³-hybridized carbons (Fsp3) is 0.304. The van der Waals surface area contributed by atoms with E-state index in [9.17, 15) is 14.7 Å². The smallest absolute Gasteiger partial charge is 0.295 e. The van der Waals surface area contributed by atoms with Crippen molar-refractivity contribution >= 4 is 17.4 Å². The zero-order valence-corrected chi connectivity index (χ0v) is 16.4. The second-order valence-electron chi connectivity index (χ2n) is 6.96. The fourth-order valence-electron chi connectivity index (χ4n) is 3.57. The maximum atomic E-state index is 12.9. The van der Waals surface area contributed by atoms with Crippen molar-refractivity contribution < 1.29 is 19.4 Å². The van der Waals surface area contributed by atoms with Gasteiger partial charge in [0.25, 0.3) is 11.7 Å². The van der Waals surface area contributed by atoms with Crippen molar-refractivity contribution in [3.63, 3.8) is 0 Å². The van der Waals surface area contributed by atoms with Crippen LogP contribution in [0.2, 0.25) is 0 Å². The number of hydrogen-bond acceptors (Lipinski definition) is 4. The molecule has 1 N–H and O–H groups in total. The van der Waals surface area contributed by atoms with Gasteiger partial charge in [-0.25, -0.2) is 0 Å². The number of carbonyl (C=O) groups is 2. The first-order valence-electron chi connectivity index (χ1n) is 9.48. The van der Waals surface area contributed by atoms with Crippen LogP contribution in [0.3, 0.4) is 0 Å². The molecule has 1 fully saturated rings. The third-order valence-corrected chi connectivity index (χ3v) is 5.02. The molecule has 1 amide bonds.